The number of halogens is 1. The number of carbonyl (C=O) groups excluding carboxylic acids is 2. The molecule has 0 saturated carbocycles. The van der Waals surface area contributed by atoms with Crippen LogP contribution in [0, 0.1) is 11.7 Å². The van der Waals surface area contributed by atoms with Crippen LogP contribution in [0.5, 0.6) is 5.75 Å². The average molecular weight is 599 g/mol. The van der Waals surface area contributed by atoms with Gasteiger partial charge in [-0.1, -0.05) is 56.3 Å². The van der Waals surface area contributed by atoms with Crippen molar-refractivity contribution in [2.24, 2.45) is 5.92 Å². The van der Waals surface area contributed by atoms with Crippen molar-refractivity contribution in [2.75, 3.05) is 0 Å². The number of esters is 1. The molecule has 3 rings (SSSR count). The third-order valence-electron chi connectivity index (χ3n) is 6.06. The van der Waals surface area contributed by atoms with E-state index in [4.69, 9.17) is 9.47 Å². The molecule has 0 saturated heterocycles. The summed E-state index contributed by atoms with van der Waals surface area (Å²) in [5.74, 6) is -1.31. The summed E-state index contributed by atoms with van der Waals surface area (Å²) in [5, 5.41) is 2.71. The largest absolute Gasteiger partial charge is 0.489 e. The molecular weight excluding hydrogens is 559 g/mol. The second-order valence-electron chi connectivity index (χ2n) is 11.5. The molecule has 3 aromatic rings. The predicted octanol–water partition coefficient (Wildman–Crippen LogP) is 5.17. The van der Waals surface area contributed by atoms with E-state index in [0.29, 0.717) is 12.4 Å². The highest BCUT2D eigenvalue weighted by Crippen LogP contribution is 2.18. The third-order valence-corrected chi connectivity index (χ3v) is 7.55. The van der Waals surface area contributed by atoms with Crippen LogP contribution in [0.15, 0.2) is 83.8 Å². The van der Waals surface area contributed by atoms with E-state index < -0.39 is 45.4 Å². The number of sulfonamides is 1. The molecule has 10 heteroatoms. The maximum atomic E-state index is 13.5. The number of carbonyl (C=O) groups is 2. The first-order valence-electron chi connectivity index (χ1n) is 13.8. The Bertz CT molecular complexity index is 1420. The van der Waals surface area contributed by atoms with E-state index in [-0.39, 0.29) is 23.7 Å². The van der Waals surface area contributed by atoms with Crippen molar-refractivity contribution in [1.29, 1.82) is 0 Å². The third kappa shape index (κ3) is 10.6. The second-order valence-corrected chi connectivity index (χ2v) is 13.2. The molecule has 8 nitrogen and oxygen atoms in total. The zero-order valence-electron chi connectivity index (χ0n) is 24.6. The van der Waals surface area contributed by atoms with Crippen molar-refractivity contribution in [2.45, 2.75) is 76.6 Å². The van der Waals surface area contributed by atoms with Crippen molar-refractivity contribution >= 4 is 21.9 Å². The Morgan fingerprint density at radius 1 is 0.857 bits per heavy atom. The summed E-state index contributed by atoms with van der Waals surface area (Å²) in [6, 6.07) is 18.9. The van der Waals surface area contributed by atoms with Crippen molar-refractivity contribution in [3.05, 3.63) is 95.8 Å². The summed E-state index contributed by atoms with van der Waals surface area (Å²) >= 11 is 0. The van der Waals surface area contributed by atoms with Crippen LogP contribution in [0.4, 0.5) is 4.39 Å². The molecule has 0 aliphatic carbocycles. The molecule has 0 fully saturated rings. The van der Waals surface area contributed by atoms with Crippen LogP contribution in [-0.2, 0) is 37.4 Å². The molecule has 0 spiro atoms. The first kappa shape index (κ1) is 32.8. The molecule has 0 heterocycles. The predicted molar refractivity (Wildman–Crippen MR) is 159 cm³/mol. The van der Waals surface area contributed by atoms with Gasteiger partial charge in [-0.15, -0.1) is 0 Å². The fourth-order valence-corrected chi connectivity index (χ4v) is 5.29. The summed E-state index contributed by atoms with van der Waals surface area (Å²) in [4.78, 5) is 26.5. The highest BCUT2D eigenvalue weighted by molar-refractivity contribution is 7.89. The van der Waals surface area contributed by atoms with Crippen LogP contribution in [0.1, 0.15) is 52.2 Å². The number of hydrogen-bond acceptors (Lipinski definition) is 6. The quantitative estimate of drug-likeness (QED) is 0.263. The van der Waals surface area contributed by atoms with Crippen LogP contribution in [0.3, 0.4) is 0 Å². The molecule has 1 amide bonds. The fraction of sp³-hybridized carbons (Fsp3) is 0.375. The number of nitrogens with one attached hydrogen (secondary N) is 2. The molecular formula is C32H39FN2O6S. The number of ether oxygens (including phenoxy) is 2. The maximum Gasteiger partial charge on any atom is 0.329 e. The molecule has 42 heavy (non-hydrogen) atoms. The topological polar surface area (TPSA) is 111 Å². The standard InChI is InChI=1S/C32H39FN2O6S/c1-22(2)19-28(35-42(38,39)27-17-13-25(33)14-18-27)30(36)34-29(31(37)41-32(3,4)5)20-23-11-15-26(16-12-23)40-21-24-9-7-6-8-10-24/h6-18,22,28-29,35H,19-21H2,1-5H3,(H,34,36). The summed E-state index contributed by atoms with van der Waals surface area (Å²) in [6.07, 6.45) is 0.277. The van der Waals surface area contributed by atoms with E-state index >= 15 is 0 Å². The molecule has 0 aliphatic rings. The first-order valence-corrected chi connectivity index (χ1v) is 15.3. The lowest BCUT2D eigenvalue weighted by Gasteiger charge is -2.27. The average Bonchev–Trinajstić information content (AvgIpc) is 2.91. The second kappa shape index (κ2) is 14.4. The molecule has 226 valence electrons. The fourth-order valence-electron chi connectivity index (χ4n) is 4.09. The Morgan fingerprint density at radius 3 is 2.05 bits per heavy atom. The highest BCUT2D eigenvalue weighted by Gasteiger charge is 2.32. The lowest BCUT2D eigenvalue weighted by Crippen LogP contribution is -2.53. The Hall–Kier alpha value is -3.76. The summed E-state index contributed by atoms with van der Waals surface area (Å²) in [6.45, 7) is 9.27. The SMILES string of the molecule is CC(C)CC(NS(=O)(=O)c1ccc(F)cc1)C(=O)NC(Cc1ccc(OCc2ccccc2)cc1)C(=O)OC(C)(C)C. The minimum Gasteiger partial charge on any atom is -0.489 e. The lowest BCUT2D eigenvalue weighted by atomic mass is 10.0. The molecule has 2 unspecified atom stereocenters. The summed E-state index contributed by atoms with van der Waals surface area (Å²) < 4.78 is 53.2. The summed E-state index contributed by atoms with van der Waals surface area (Å²) in [7, 11) is -4.15. The van der Waals surface area contributed by atoms with Crippen molar-refractivity contribution in [1.82, 2.24) is 10.0 Å². The van der Waals surface area contributed by atoms with Gasteiger partial charge in [0.15, 0.2) is 0 Å². The van der Waals surface area contributed by atoms with Gasteiger partial charge in [0, 0.05) is 6.42 Å². The van der Waals surface area contributed by atoms with Gasteiger partial charge in [0.2, 0.25) is 15.9 Å². The van der Waals surface area contributed by atoms with Gasteiger partial charge in [0.1, 0.15) is 35.9 Å². The Balaban J connectivity index is 1.77. The van der Waals surface area contributed by atoms with Gasteiger partial charge >= 0.3 is 5.97 Å². The Morgan fingerprint density at radius 2 is 1.48 bits per heavy atom. The lowest BCUT2D eigenvalue weighted by molar-refractivity contribution is -0.158. The van der Waals surface area contributed by atoms with Crippen LogP contribution in [0.2, 0.25) is 0 Å². The normalized spacial score (nSPS) is 13.3. The number of rotatable bonds is 13. The van der Waals surface area contributed by atoms with Gasteiger partial charge in [0.25, 0.3) is 0 Å². The van der Waals surface area contributed by atoms with Gasteiger partial charge in [-0.3, -0.25) is 4.79 Å². The van der Waals surface area contributed by atoms with Gasteiger partial charge in [-0.2, -0.15) is 4.72 Å². The van der Waals surface area contributed by atoms with Gasteiger partial charge < -0.3 is 14.8 Å². The van der Waals surface area contributed by atoms with E-state index in [0.717, 1.165) is 35.4 Å². The van der Waals surface area contributed by atoms with Gasteiger partial charge in [-0.25, -0.2) is 17.6 Å². The van der Waals surface area contributed by atoms with E-state index in [9.17, 15) is 22.4 Å². The van der Waals surface area contributed by atoms with E-state index in [1.165, 1.54) is 0 Å². The van der Waals surface area contributed by atoms with Crippen molar-refractivity contribution < 1.29 is 31.9 Å². The summed E-state index contributed by atoms with van der Waals surface area (Å²) in [5.41, 5.74) is 0.960. The minimum absolute atomic E-state index is 0.0555. The maximum absolute atomic E-state index is 13.5. The molecule has 0 aliphatic heterocycles. The van der Waals surface area contributed by atoms with Crippen molar-refractivity contribution in [3.63, 3.8) is 0 Å². The molecule has 0 radical (unpaired) electrons. The Labute approximate surface area is 247 Å². The van der Waals surface area contributed by atoms with Crippen LogP contribution < -0.4 is 14.8 Å². The van der Waals surface area contributed by atoms with Gasteiger partial charge in [-0.05, 0) is 80.6 Å². The van der Waals surface area contributed by atoms with E-state index in [1.54, 1.807) is 45.0 Å². The van der Waals surface area contributed by atoms with Crippen LogP contribution >= 0.6 is 0 Å². The zero-order chi connectivity index (χ0) is 30.9. The molecule has 0 aromatic heterocycles. The molecule has 2 atom stereocenters. The molecule has 2 N–H and O–H groups in total. The van der Waals surface area contributed by atoms with Crippen LogP contribution in [-0.4, -0.2) is 38.0 Å². The number of hydrogen-bond donors (Lipinski definition) is 2. The van der Waals surface area contributed by atoms with E-state index in [1.807, 2.05) is 44.2 Å². The monoisotopic (exact) mass is 598 g/mol. The Kier molecular flexibility index (Phi) is 11.2. The zero-order valence-corrected chi connectivity index (χ0v) is 25.4. The highest BCUT2D eigenvalue weighted by atomic mass is 32.2. The van der Waals surface area contributed by atoms with Crippen LogP contribution in [0.25, 0.3) is 0 Å². The molecule has 0 bridgehead atoms. The smallest absolute Gasteiger partial charge is 0.329 e. The number of benzene rings is 3. The number of amides is 1. The molecule has 3 aromatic carbocycles. The van der Waals surface area contributed by atoms with Crippen molar-refractivity contribution in [3.8, 4) is 5.75 Å². The van der Waals surface area contributed by atoms with E-state index in [2.05, 4.69) is 10.0 Å². The minimum atomic E-state index is -4.15. The first-order chi connectivity index (χ1) is 19.7. The van der Waals surface area contributed by atoms with Gasteiger partial charge in [0.05, 0.1) is 4.90 Å².